The van der Waals surface area contributed by atoms with Gasteiger partial charge < -0.3 is 5.73 Å². The number of nitrogens with two attached hydrogens (primary N) is 1. The van der Waals surface area contributed by atoms with Crippen molar-refractivity contribution in [2.24, 2.45) is 0 Å². The van der Waals surface area contributed by atoms with Crippen molar-refractivity contribution >= 4 is 21.4 Å². The van der Waals surface area contributed by atoms with E-state index in [4.69, 9.17) is 5.73 Å². The maximum atomic E-state index is 13.4. The summed E-state index contributed by atoms with van der Waals surface area (Å²) >= 11 is 0. The first-order valence-corrected chi connectivity index (χ1v) is 7.12. The lowest BCUT2D eigenvalue weighted by atomic mass is 10.2. The predicted octanol–water partition coefficient (Wildman–Crippen LogP) is 2.66. The van der Waals surface area contributed by atoms with Gasteiger partial charge in [0.1, 0.15) is 16.5 Å². The Labute approximate surface area is 115 Å². The van der Waals surface area contributed by atoms with Gasteiger partial charge >= 0.3 is 0 Å². The van der Waals surface area contributed by atoms with Gasteiger partial charge in [0.05, 0.1) is 11.4 Å². The van der Waals surface area contributed by atoms with Crippen LogP contribution in [0.4, 0.5) is 20.2 Å². The second kappa shape index (κ2) is 5.09. The molecule has 4 nitrogen and oxygen atoms in total. The SMILES string of the molecule is Cc1ccc(NS(=O)(=O)c2ccc(F)cc2N)cc1F. The Kier molecular flexibility index (Phi) is 3.63. The number of anilines is 2. The number of hydrogen-bond acceptors (Lipinski definition) is 3. The first-order valence-electron chi connectivity index (χ1n) is 5.63. The Morgan fingerprint density at radius 2 is 1.80 bits per heavy atom. The summed E-state index contributed by atoms with van der Waals surface area (Å²) < 4.78 is 52.7. The fourth-order valence-corrected chi connectivity index (χ4v) is 2.79. The van der Waals surface area contributed by atoms with Crippen LogP contribution in [0.3, 0.4) is 0 Å². The smallest absolute Gasteiger partial charge is 0.263 e. The molecule has 2 aromatic carbocycles. The highest BCUT2D eigenvalue weighted by molar-refractivity contribution is 7.92. The Balaban J connectivity index is 2.38. The highest BCUT2D eigenvalue weighted by Gasteiger charge is 2.18. The molecule has 0 saturated carbocycles. The van der Waals surface area contributed by atoms with Gasteiger partial charge in [-0.15, -0.1) is 0 Å². The van der Waals surface area contributed by atoms with E-state index in [1.54, 1.807) is 6.92 Å². The molecule has 0 amide bonds. The zero-order valence-electron chi connectivity index (χ0n) is 10.5. The molecule has 0 atom stereocenters. The van der Waals surface area contributed by atoms with Gasteiger partial charge in [-0.3, -0.25) is 4.72 Å². The molecule has 2 rings (SSSR count). The van der Waals surface area contributed by atoms with Gasteiger partial charge in [-0.05, 0) is 42.8 Å². The molecular weight excluding hydrogens is 286 g/mol. The number of nitrogen functional groups attached to an aromatic ring is 1. The van der Waals surface area contributed by atoms with Gasteiger partial charge in [-0.25, -0.2) is 17.2 Å². The van der Waals surface area contributed by atoms with Crippen LogP contribution < -0.4 is 10.5 Å². The van der Waals surface area contributed by atoms with Crippen molar-refractivity contribution in [3.63, 3.8) is 0 Å². The number of aryl methyl sites for hydroxylation is 1. The molecule has 0 aliphatic heterocycles. The minimum atomic E-state index is -4.00. The predicted molar refractivity (Wildman–Crippen MR) is 72.8 cm³/mol. The van der Waals surface area contributed by atoms with Crippen molar-refractivity contribution in [2.75, 3.05) is 10.5 Å². The largest absolute Gasteiger partial charge is 0.398 e. The molecule has 2 aromatic rings. The maximum Gasteiger partial charge on any atom is 0.263 e. The molecule has 0 aliphatic carbocycles. The van der Waals surface area contributed by atoms with Gasteiger partial charge in [0.25, 0.3) is 10.0 Å². The molecule has 0 aromatic heterocycles. The van der Waals surface area contributed by atoms with E-state index in [1.807, 2.05) is 0 Å². The summed E-state index contributed by atoms with van der Waals surface area (Å²) in [6.07, 6.45) is 0. The highest BCUT2D eigenvalue weighted by atomic mass is 32.2. The number of rotatable bonds is 3. The van der Waals surface area contributed by atoms with E-state index in [9.17, 15) is 17.2 Å². The molecule has 0 aliphatic rings. The van der Waals surface area contributed by atoms with Gasteiger partial charge in [0.2, 0.25) is 0 Å². The molecule has 106 valence electrons. The van der Waals surface area contributed by atoms with Gasteiger partial charge in [0, 0.05) is 0 Å². The molecule has 0 bridgehead atoms. The minimum absolute atomic E-state index is 0.0665. The van der Waals surface area contributed by atoms with E-state index in [0.29, 0.717) is 5.56 Å². The number of halogens is 2. The van der Waals surface area contributed by atoms with E-state index in [1.165, 1.54) is 12.1 Å². The monoisotopic (exact) mass is 298 g/mol. The Hall–Kier alpha value is -2.15. The maximum absolute atomic E-state index is 13.4. The summed E-state index contributed by atoms with van der Waals surface area (Å²) in [6.45, 7) is 1.56. The lowest BCUT2D eigenvalue weighted by molar-refractivity contribution is 0.600. The van der Waals surface area contributed by atoms with Crippen LogP contribution in [0, 0.1) is 18.6 Å². The molecule has 0 spiro atoms. The molecule has 0 heterocycles. The van der Waals surface area contributed by atoms with Crippen molar-refractivity contribution in [3.05, 3.63) is 53.6 Å². The quantitative estimate of drug-likeness (QED) is 0.856. The molecule has 0 saturated heterocycles. The highest BCUT2D eigenvalue weighted by Crippen LogP contribution is 2.23. The fraction of sp³-hybridized carbons (Fsp3) is 0.0769. The number of hydrogen-bond donors (Lipinski definition) is 2. The second-order valence-corrected chi connectivity index (χ2v) is 5.90. The standard InChI is InChI=1S/C13H12F2N2O2S/c1-8-2-4-10(7-11(8)15)17-20(18,19)13-5-3-9(14)6-12(13)16/h2-7,17H,16H2,1H3. The molecular formula is C13H12F2N2O2S. The minimum Gasteiger partial charge on any atom is -0.398 e. The summed E-state index contributed by atoms with van der Waals surface area (Å²) in [4.78, 5) is -0.264. The van der Waals surface area contributed by atoms with Crippen LogP contribution in [0.2, 0.25) is 0 Å². The van der Waals surface area contributed by atoms with Crippen LogP contribution in [-0.2, 0) is 10.0 Å². The van der Waals surface area contributed by atoms with Crippen molar-refractivity contribution < 1.29 is 17.2 Å². The van der Waals surface area contributed by atoms with Crippen LogP contribution >= 0.6 is 0 Å². The summed E-state index contributed by atoms with van der Waals surface area (Å²) in [5, 5.41) is 0. The lowest BCUT2D eigenvalue weighted by Gasteiger charge is -2.10. The first kappa shape index (κ1) is 14.3. The average molecular weight is 298 g/mol. The Morgan fingerprint density at radius 3 is 2.40 bits per heavy atom. The molecule has 3 N–H and O–H groups in total. The van der Waals surface area contributed by atoms with E-state index < -0.39 is 21.7 Å². The van der Waals surface area contributed by atoms with Crippen LogP contribution in [0.15, 0.2) is 41.3 Å². The van der Waals surface area contributed by atoms with Crippen LogP contribution in [-0.4, -0.2) is 8.42 Å². The number of benzene rings is 2. The Bertz CT molecular complexity index is 761. The van der Waals surface area contributed by atoms with E-state index >= 15 is 0 Å². The molecule has 0 unspecified atom stereocenters. The summed E-state index contributed by atoms with van der Waals surface area (Å²) in [7, 11) is -4.00. The molecule has 7 heteroatoms. The summed E-state index contributed by atoms with van der Waals surface area (Å²) in [5.41, 5.74) is 5.73. The third kappa shape index (κ3) is 2.88. The third-order valence-corrected chi connectivity index (χ3v) is 4.14. The van der Waals surface area contributed by atoms with Crippen molar-refractivity contribution in [2.45, 2.75) is 11.8 Å². The van der Waals surface area contributed by atoms with Crippen LogP contribution in [0.1, 0.15) is 5.56 Å². The van der Waals surface area contributed by atoms with Crippen molar-refractivity contribution in [1.82, 2.24) is 0 Å². The molecule has 20 heavy (non-hydrogen) atoms. The normalized spacial score (nSPS) is 11.3. The van der Waals surface area contributed by atoms with Gasteiger partial charge in [-0.1, -0.05) is 6.07 Å². The lowest BCUT2D eigenvalue weighted by Crippen LogP contribution is -2.15. The fourth-order valence-electron chi connectivity index (χ4n) is 1.63. The zero-order valence-corrected chi connectivity index (χ0v) is 11.3. The van der Waals surface area contributed by atoms with Gasteiger partial charge in [0.15, 0.2) is 0 Å². The molecule has 0 radical (unpaired) electrons. The van der Waals surface area contributed by atoms with Crippen LogP contribution in [0.25, 0.3) is 0 Å². The van der Waals surface area contributed by atoms with Gasteiger partial charge in [-0.2, -0.15) is 0 Å². The van der Waals surface area contributed by atoms with E-state index in [0.717, 1.165) is 24.3 Å². The van der Waals surface area contributed by atoms with E-state index in [2.05, 4.69) is 4.72 Å². The topological polar surface area (TPSA) is 72.2 Å². The number of nitrogens with one attached hydrogen (secondary N) is 1. The van der Waals surface area contributed by atoms with E-state index in [-0.39, 0.29) is 16.3 Å². The van der Waals surface area contributed by atoms with Crippen molar-refractivity contribution in [3.8, 4) is 0 Å². The van der Waals surface area contributed by atoms with Crippen LogP contribution in [0.5, 0.6) is 0 Å². The average Bonchev–Trinajstić information content (AvgIpc) is 2.33. The Morgan fingerprint density at radius 1 is 1.10 bits per heavy atom. The number of sulfonamides is 1. The first-order chi connectivity index (χ1) is 9.29. The molecule has 0 fully saturated rings. The third-order valence-electron chi connectivity index (χ3n) is 2.69. The summed E-state index contributed by atoms with van der Waals surface area (Å²) in [5.74, 6) is -1.17. The zero-order chi connectivity index (χ0) is 14.9. The summed E-state index contributed by atoms with van der Waals surface area (Å²) in [6, 6.07) is 6.88. The van der Waals surface area contributed by atoms with Crippen molar-refractivity contribution in [1.29, 1.82) is 0 Å². The second-order valence-electron chi connectivity index (χ2n) is 4.25.